The van der Waals surface area contributed by atoms with Crippen LogP contribution in [0.25, 0.3) is 11.0 Å². The molecule has 0 amide bonds. The van der Waals surface area contributed by atoms with Crippen molar-refractivity contribution in [3.63, 3.8) is 0 Å². The van der Waals surface area contributed by atoms with Crippen LogP contribution in [-0.4, -0.2) is 69.8 Å². The van der Waals surface area contributed by atoms with E-state index in [2.05, 4.69) is 32.5 Å². The lowest BCUT2D eigenvalue weighted by atomic mass is 10.1. The fourth-order valence-electron chi connectivity index (χ4n) is 3.79. The lowest BCUT2D eigenvalue weighted by Gasteiger charge is -2.33. The molecule has 1 aliphatic heterocycles. The topological polar surface area (TPSA) is 93.0 Å². The summed E-state index contributed by atoms with van der Waals surface area (Å²) in [6, 6.07) is 5.82. The second-order valence-electron chi connectivity index (χ2n) is 7.89. The van der Waals surface area contributed by atoms with E-state index in [9.17, 15) is 13.2 Å². The maximum absolute atomic E-state index is 12.4. The van der Waals surface area contributed by atoms with Gasteiger partial charge in [-0.3, -0.25) is 4.68 Å². The number of pyridine rings is 1. The quantitative estimate of drug-likeness (QED) is 0.492. The molecular formula is C21H27F3N8O. The van der Waals surface area contributed by atoms with Gasteiger partial charge in [-0.25, -0.2) is 9.97 Å². The highest BCUT2D eigenvalue weighted by molar-refractivity contribution is 5.90. The van der Waals surface area contributed by atoms with E-state index in [0.717, 1.165) is 26.1 Å². The molecule has 1 fully saturated rings. The molecule has 178 valence electrons. The third kappa shape index (κ3) is 5.69. The van der Waals surface area contributed by atoms with Gasteiger partial charge in [0.25, 0.3) is 0 Å². The maximum Gasteiger partial charge on any atom is 0.411 e. The van der Waals surface area contributed by atoms with Gasteiger partial charge in [0.05, 0.1) is 18.8 Å². The van der Waals surface area contributed by atoms with Crippen LogP contribution in [0.3, 0.4) is 0 Å². The van der Waals surface area contributed by atoms with E-state index in [-0.39, 0.29) is 13.2 Å². The lowest BCUT2D eigenvalue weighted by Crippen LogP contribution is -2.51. The van der Waals surface area contributed by atoms with Crippen LogP contribution in [0.1, 0.15) is 19.0 Å². The van der Waals surface area contributed by atoms with Crippen LogP contribution in [0, 0.1) is 6.92 Å². The third-order valence-electron chi connectivity index (χ3n) is 5.40. The number of aromatic nitrogens is 5. The summed E-state index contributed by atoms with van der Waals surface area (Å²) < 4.78 is 43.7. The van der Waals surface area contributed by atoms with Gasteiger partial charge in [-0.1, -0.05) is 13.0 Å². The van der Waals surface area contributed by atoms with Crippen molar-refractivity contribution in [2.24, 2.45) is 0 Å². The second-order valence-corrected chi connectivity index (χ2v) is 7.89. The number of anilines is 3. The largest absolute Gasteiger partial charge is 0.411 e. The number of alkyl halides is 3. The molecule has 0 bridgehead atoms. The Morgan fingerprint density at radius 3 is 2.85 bits per heavy atom. The van der Waals surface area contributed by atoms with Gasteiger partial charge in [0.2, 0.25) is 5.95 Å². The van der Waals surface area contributed by atoms with E-state index in [1.54, 1.807) is 10.9 Å². The molecule has 4 heterocycles. The zero-order valence-corrected chi connectivity index (χ0v) is 18.6. The Labute approximate surface area is 189 Å². The molecule has 3 aromatic heterocycles. The summed E-state index contributed by atoms with van der Waals surface area (Å²) in [5.41, 5.74) is 1.90. The minimum atomic E-state index is -4.37. The van der Waals surface area contributed by atoms with Crippen LogP contribution in [-0.2, 0) is 11.3 Å². The molecule has 12 heteroatoms. The van der Waals surface area contributed by atoms with E-state index < -0.39 is 12.8 Å². The van der Waals surface area contributed by atoms with Crippen molar-refractivity contribution in [2.75, 3.05) is 43.1 Å². The molecule has 0 aromatic carbocycles. The highest BCUT2D eigenvalue weighted by atomic mass is 19.4. The Hall–Kier alpha value is -2.99. The molecule has 33 heavy (non-hydrogen) atoms. The summed E-state index contributed by atoms with van der Waals surface area (Å²) >= 11 is 0. The van der Waals surface area contributed by atoms with E-state index in [4.69, 9.17) is 14.7 Å². The van der Waals surface area contributed by atoms with Crippen molar-refractivity contribution in [3.05, 3.63) is 30.1 Å². The summed E-state index contributed by atoms with van der Waals surface area (Å²) in [6.07, 6.45) is -1.71. The summed E-state index contributed by atoms with van der Waals surface area (Å²) in [4.78, 5) is 16.0. The van der Waals surface area contributed by atoms with Crippen LogP contribution >= 0.6 is 0 Å². The van der Waals surface area contributed by atoms with Crippen LogP contribution in [0.15, 0.2) is 24.4 Å². The fraction of sp³-hybridized carbons (Fsp3) is 0.524. The number of halogens is 3. The highest BCUT2D eigenvalue weighted by Crippen LogP contribution is 2.28. The van der Waals surface area contributed by atoms with Gasteiger partial charge in [-0.15, -0.1) is 0 Å². The second kappa shape index (κ2) is 9.87. The van der Waals surface area contributed by atoms with Gasteiger partial charge in [0.15, 0.2) is 5.82 Å². The van der Waals surface area contributed by atoms with Crippen LogP contribution < -0.4 is 15.5 Å². The number of piperazine rings is 1. The van der Waals surface area contributed by atoms with Crippen molar-refractivity contribution in [1.82, 2.24) is 30.0 Å². The molecule has 0 aliphatic carbocycles. The molecule has 9 nitrogen and oxygen atoms in total. The summed E-state index contributed by atoms with van der Waals surface area (Å²) in [5.74, 6) is 1.67. The molecule has 0 spiro atoms. The summed E-state index contributed by atoms with van der Waals surface area (Å²) in [6.45, 7) is 5.02. The van der Waals surface area contributed by atoms with E-state index >= 15 is 0 Å². The first-order valence-electron chi connectivity index (χ1n) is 10.9. The zero-order valence-electron chi connectivity index (χ0n) is 18.6. The van der Waals surface area contributed by atoms with Crippen molar-refractivity contribution in [2.45, 2.75) is 39.0 Å². The normalized spacial score (nSPS) is 17.0. The number of nitrogens with zero attached hydrogens (tertiary/aromatic N) is 6. The molecule has 0 radical (unpaired) electrons. The Morgan fingerprint density at radius 2 is 2.12 bits per heavy atom. The molecule has 3 aromatic rings. The molecule has 1 atom stereocenters. The van der Waals surface area contributed by atoms with Crippen molar-refractivity contribution >= 4 is 28.6 Å². The molecule has 2 N–H and O–H groups in total. The molecule has 1 saturated heterocycles. The van der Waals surface area contributed by atoms with Crippen molar-refractivity contribution in [3.8, 4) is 0 Å². The first kappa shape index (κ1) is 23.2. The van der Waals surface area contributed by atoms with Gasteiger partial charge in [-0.2, -0.15) is 23.3 Å². The van der Waals surface area contributed by atoms with Gasteiger partial charge in [0.1, 0.15) is 23.5 Å². The van der Waals surface area contributed by atoms with E-state index in [0.29, 0.717) is 40.4 Å². The Kier molecular flexibility index (Phi) is 6.94. The lowest BCUT2D eigenvalue weighted by molar-refractivity contribution is -0.174. The minimum Gasteiger partial charge on any atom is -0.370 e. The molecule has 0 saturated carbocycles. The SMILES string of the molecule is CC[C@H]1CN(c2nc(Nc3ccccn3)c3c(n2)c(C)nn3CCOCC(F)(F)F)CCN1. The van der Waals surface area contributed by atoms with Crippen LogP contribution in [0.5, 0.6) is 0 Å². The fourth-order valence-corrected chi connectivity index (χ4v) is 3.79. The molecule has 4 rings (SSSR count). The average molecular weight is 464 g/mol. The van der Waals surface area contributed by atoms with Crippen LogP contribution in [0.4, 0.5) is 30.8 Å². The highest BCUT2D eigenvalue weighted by Gasteiger charge is 2.28. The zero-order chi connectivity index (χ0) is 23.4. The van der Waals surface area contributed by atoms with Crippen molar-refractivity contribution in [1.29, 1.82) is 0 Å². The molecule has 1 aliphatic rings. The number of aryl methyl sites for hydroxylation is 1. The number of ether oxygens (including phenoxy) is 1. The van der Waals surface area contributed by atoms with Gasteiger partial charge in [0, 0.05) is 31.9 Å². The first-order valence-corrected chi connectivity index (χ1v) is 10.9. The van der Waals surface area contributed by atoms with Crippen molar-refractivity contribution < 1.29 is 17.9 Å². The molecule has 0 unspecified atom stereocenters. The predicted octanol–water partition coefficient (Wildman–Crippen LogP) is 3.04. The minimum absolute atomic E-state index is 0.131. The number of fused-ring (bicyclic) bond motifs is 1. The Bertz CT molecular complexity index is 1070. The smallest absolute Gasteiger partial charge is 0.370 e. The molecular weight excluding hydrogens is 437 g/mol. The number of hydrogen-bond acceptors (Lipinski definition) is 8. The Morgan fingerprint density at radius 1 is 1.27 bits per heavy atom. The van der Waals surface area contributed by atoms with Gasteiger partial charge in [-0.05, 0) is 25.5 Å². The van der Waals surface area contributed by atoms with E-state index in [1.165, 1.54) is 0 Å². The van der Waals surface area contributed by atoms with Crippen LogP contribution in [0.2, 0.25) is 0 Å². The first-order chi connectivity index (χ1) is 15.8. The van der Waals surface area contributed by atoms with Gasteiger partial charge >= 0.3 is 6.18 Å². The monoisotopic (exact) mass is 464 g/mol. The number of rotatable bonds is 8. The third-order valence-corrected chi connectivity index (χ3v) is 5.40. The summed E-state index contributed by atoms with van der Waals surface area (Å²) in [5, 5.41) is 11.2. The number of nitrogens with one attached hydrogen (secondary N) is 2. The maximum atomic E-state index is 12.4. The average Bonchev–Trinajstić information content (AvgIpc) is 3.12. The predicted molar refractivity (Wildman–Crippen MR) is 119 cm³/mol. The van der Waals surface area contributed by atoms with Gasteiger partial charge < -0.3 is 20.3 Å². The number of hydrogen-bond donors (Lipinski definition) is 2. The standard InChI is InChI=1S/C21H27F3N8O/c1-3-15-12-31(9-8-25-15)20-28-17-14(2)30-32(10-11-33-13-21(22,23)24)18(17)19(29-20)27-16-6-4-5-7-26-16/h4-7,15,25H,3,8-13H2,1-2H3,(H,26,27,28,29)/t15-/m0/s1. The Balaban J connectivity index is 1.68. The van der Waals surface area contributed by atoms with E-state index in [1.807, 2.05) is 25.1 Å². The summed E-state index contributed by atoms with van der Waals surface area (Å²) in [7, 11) is 0.